The van der Waals surface area contributed by atoms with Crippen LogP contribution in [0.25, 0.3) is 0 Å². The predicted molar refractivity (Wildman–Crippen MR) is 93.0 cm³/mol. The second-order valence-electron chi connectivity index (χ2n) is 5.53. The van der Waals surface area contributed by atoms with Crippen molar-refractivity contribution in [3.8, 4) is 0 Å². The van der Waals surface area contributed by atoms with E-state index in [0.717, 1.165) is 22.0 Å². The van der Waals surface area contributed by atoms with Gasteiger partial charge >= 0.3 is 0 Å². The molecule has 0 aliphatic carbocycles. The molecule has 0 radical (unpaired) electrons. The van der Waals surface area contributed by atoms with Crippen molar-refractivity contribution >= 4 is 28.6 Å². The number of amides is 1. The molecule has 1 aromatic heterocycles. The Morgan fingerprint density at radius 3 is 2.96 bits per heavy atom. The van der Waals surface area contributed by atoms with Crippen molar-refractivity contribution in [2.45, 2.75) is 19.1 Å². The lowest BCUT2D eigenvalue weighted by molar-refractivity contribution is -0.122. The molecule has 1 aliphatic rings. The van der Waals surface area contributed by atoms with Crippen LogP contribution in [0.4, 0.5) is 5.69 Å². The van der Waals surface area contributed by atoms with Crippen molar-refractivity contribution in [1.29, 1.82) is 0 Å². The first-order chi connectivity index (χ1) is 11.1. The van der Waals surface area contributed by atoms with Crippen LogP contribution in [0, 0.1) is 0 Å². The summed E-state index contributed by atoms with van der Waals surface area (Å²) < 4.78 is 0. The molecular weight excluding hydrogens is 310 g/mol. The molecule has 7 heteroatoms. The highest BCUT2D eigenvalue weighted by Gasteiger charge is 2.25. The molecule has 2 aromatic rings. The van der Waals surface area contributed by atoms with Crippen molar-refractivity contribution in [3.63, 3.8) is 0 Å². The summed E-state index contributed by atoms with van der Waals surface area (Å²) in [6, 6.07) is 7.49. The molecule has 2 atom stereocenters. The summed E-state index contributed by atoms with van der Waals surface area (Å²) in [4.78, 5) is 23.2. The molecule has 23 heavy (non-hydrogen) atoms. The monoisotopic (exact) mass is 329 g/mol. The van der Waals surface area contributed by atoms with Crippen LogP contribution < -0.4 is 16.0 Å². The van der Waals surface area contributed by atoms with Gasteiger partial charge in [-0.2, -0.15) is 0 Å². The van der Waals surface area contributed by atoms with Gasteiger partial charge in [0, 0.05) is 29.9 Å². The third-order valence-electron chi connectivity index (χ3n) is 3.66. The number of fused-ring (bicyclic) bond motifs is 1. The molecule has 120 valence electrons. The minimum atomic E-state index is -0.565. The first kappa shape index (κ1) is 15.6. The van der Waals surface area contributed by atoms with Gasteiger partial charge in [0.2, 0.25) is 5.91 Å². The van der Waals surface area contributed by atoms with E-state index in [1.54, 1.807) is 13.1 Å². The fourth-order valence-corrected chi connectivity index (χ4v) is 3.16. The van der Waals surface area contributed by atoms with E-state index in [9.17, 15) is 4.79 Å². The third kappa shape index (κ3) is 3.25. The molecule has 6 nitrogen and oxygen atoms in total. The van der Waals surface area contributed by atoms with E-state index < -0.39 is 6.04 Å². The normalized spacial score (nSPS) is 18.7. The van der Waals surface area contributed by atoms with Crippen LogP contribution >= 0.6 is 11.3 Å². The van der Waals surface area contributed by atoms with Crippen molar-refractivity contribution in [3.05, 3.63) is 46.4 Å². The van der Waals surface area contributed by atoms with Crippen LogP contribution in [0.2, 0.25) is 0 Å². The van der Waals surface area contributed by atoms with Crippen molar-refractivity contribution in [1.82, 2.24) is 10.3 Å². The lowest BCUT2D eigenvalue weighted by Gasteiger charge is -2.23. The molecule has 1 amide bonds. The molecule has 0 fully saturated rings. The average Bonchev–Trinajstić information content (AvgIpc) is 3.02. The second-order valence-corrected chi connectivity index (χ2v) is 6.42. The maximum Gasteiger partial charge on any atom is 0.238 e. The fraction of sp³-hybridized carbons (Fsp3) is 0.312. The molecule has 0 bridgehead atoms. The van der Waals surface area contributed by atoms with Gasteiger partial charge in [0.15, 0.2) is 0 Å². The number of likely N-dealkylation sites (N-methyl/N-ethyl adjacent to an activating group) is 1. The van der Waals surface area contributed by atoms with Crippen LogP contribution in [0.5, 0.6) is 0 Å². The highest BCUT2D eigenvalue weighted by molar-refractivity contribution is 7.11. The third-order valence-corrected chi connectivity index (χ3v) is 4.44. The Labute approximate surface area is 139 Å². The van der Waals surface area contributed by atoms with Crippen molar-refractivity contribution < 1.29 is 4.79 Å². The molecular formula is C16H19N5OS. The SMILES string of the molecule is CC(N)C(=O)NC1CN(C)c2ccccc2C(c2nccs2)=N1. The number of para-hydroxylation sites is 1. The minimum absolute atomic E-state index is 0.211. The molecule has 2 heterocycles. The largest absolute Gasteiger partial charge is 0.370 e. The number of carbonyl (C=O) groups excluding carboxylic acids is 1. The fourth-order valence-electron chi connectivity index (χ4n) is 2.52. The second kappa shape index (κ2) is 6.47. The predicted octanol–water partition coefficient (Wildman–Crippen LogP) is 1.22. The average molecular weight is 329 g/mol. The van der Waals surface area contributed by atoms with E-state index in [1.165, 1.54) is 11.3 Å². The Morgan fingerprint density at radius 1 is 1.48 bits per heavy atom. The van der Waals surface area contributed by atoms with Crippen molar-refractivity contribution in [2.24, 2.45) is 10.7 Å². The lowest BCUT2D eigenvalue weighted by Crippen LogP contribution is -2.47. The number of benzene rings is 1. The molecule has 1 aliphatic heterocycles. The van der Waals surface area contributed by atoms with Crippen LogP contribution in [-0.4, -0.2) is 42.4 Å². The van der Waals surface area contributed by atoms with Crippen LogP contribution in [0.1, 0.15) is 17.5 Å². The van der Waals surface area contributed by atoms with Crippen LogP contribution in [0.15, 0.2) is 40.8 Å². The highest BCUT2D eigenvalue weighted by atomic mass is 32.1. The van der Waals surface area contributed by atoms with Gasteiger partial charge in [-0.15, -0.1) is 11.3 Å². The maximum absolute atomic E-state index is 12.0. The molecule has 3 N–H and O–H groups in total. The zero-order chi connectivity index (χ0) is 16.4. The van der Waals surface area contributed by atoms with Gasteiger partial charge in [0.25, 0.3) is 0 Å². The molecule has 0 saturated carbocycles. The van der Waals surface area contributed by atoms with E-state index in [0.29, 0.717) is 6.54 Å². The maximum atomic E-state index is 12.0. The summed E-state index contributed by atoms with van der Waals surface area (Å²) in [6.07, 6.45) is 1.39. The molecule has 1 aromatic carbocycles. The van der Waals surface area contributed by atoms with Crippen LogP contribution in [0.3, 0.4) is 0 Å². The van der Waals surface area contributed by atoms with Gasteiger partial charge in [0.05, 0.1) is 12.6 Å². The zero-order valence-electron chi connectivity index (χ0n) is 13.1. The number of benzodiazepines with no additional fused rings is 1. The highest BCUT2D eigenvalue weighted by Crippen LogP contribution is 2.27. The summed E-state index contributed by atoms with van der Waals surface area (Å²) in [5.41, 5.74) is 8.54. The van der Waals surface area contributed by atoms with E-state index >= 15 is 0 Å². The smallest absolute Gasteiger partial charge is 0.238 e. The standard InChI is InChI=1S/C16H19N5OS/c1-10(17)15(22)20-13-9-21(2)12-6-4-3-5-11(12)14(19-13)16-18-7-8-23-16/h3-8,10,13H,9,17H2,1-2H3,(H,20,22). The number of rotatable bonds is 3. The Hall–Kier alpha value is -2.25. The minimum Gasteiger partial charge on any atom is -0.370 e. The number of nitrogens with zero attached hydrogens (tertiary/aromatic N) is 3. The Kier molecular flexibility index (Phi) is 4.40. The Morgan fingerprint density at radius 2 is 2.26 bits per heavy atom. The van der Waals surface area contributed by atoms with Gasteiger partial charge in [-0.1, -0.05) is 18.2 Å². The number of nitrogens with two attached hydrogens (primary N) is 1. The Balaban J connectivity index is 2.04. The molecule has 0 saturated heterocycles. The van der Waals surface area contributed by atoms with E-state index in [-0.39, 0.29) is 12.1 Å². The van der Waals surface area contributed by atoms with E-state index in [1.807, 2.05) is 36.7 Å². The number of thiazole rings is 1. The molecule has 2 unspecified atom stereocenters. The van der Waals surface area contributed by atoms with E-state index in [4.69, 9.17) is 10.7 Å². The summed E-state index contributed by atoms with van der Waals surface area (Å²) in [5, 5.41) is 5.66. The number of aliphatic imine (C=N–C) groups is 1. The summed E-state index contributed by atoms with van der Waals surface area (Å²) in [7, 11) is 1.99. The zero-order valence-corrected chi connectivity index (χ0v) is 13.9. The number of anilines is 1. The number of hydrogen-bond donors (Lipinski definition) is 2. The first-order valence-electron chi connectivity index (χ1n) is 7.40. The van der Waals surface area contributed by atoms with Gasteiger partial charge in [-0.3, -0.25) is 9.79 Å². The number of hydrogen-bond acceptors (Lipinski definition) is 6. The van der Waals surface area contributed by atoms with Crippen molar-refractivity contribution in [2.75, 3.05) is 18.5 Å². The number of nitrogens with one attached hydrogen (secondary N) is 1. The number of aromatic nitrogens is 1. The van der Waals surface area contributed by atoms with E-state index in [2.05, 4.69) is 15.2 Å². The quantitative estimate of drug-likeness (QED) is 0.887. The summed E-state index contributed by atoms with van der Waals surface area (Å²) in [5.74, 6) is -0.211. The molecule has 3 rings (SSSR count). The lowest BCUT2D eigenvalue weighted by atomic mass is 10.1. The topological polar surface area (TPSA) is 83.6 Å². The summed E-state index contributed by atoms with van der Waals surface area (Å²) in [6.45, 7) is 2.24. The molecule has 0 spiro atoms. The summed E-state index contributed by atoms with van der Waals surface area (Å²) >= 11 is 1.53. The number of carbonyl (C=O) groups is 1. The van der Waals surface area contributed by atoms with Crippen LogP contribution in [-0.2, 0) is 4.79 Å². The van der Waals surface area contributed by atoms with Gasteiger partial charge in [0.1, 0.15) is 16.9 Å². The van der Waals surface area contributed by atoms with Gasteiger partial charge in [-0.05, 0) is 13.0 Å². The first-order valence-corrected chi connectivity index (χ1v) is 8.28. The van der Waals surface area contributed by atoms with Gasteiger partial charge in [-0.25, -0.2) is 4.98 Å². The Bertz CT molecular complexity index is 726. The van der Waals surface area contributed by atoms with Gasteiger partial charge < -0.3 is 16.0 Å².